The molecule has 7 aromatic carbocycles. The maximum Gasteiger partial charge on any atom is 0.252 e. The molecule has 0 saturated carbocycles. The molecule has 3 aliphatic rings. The maximum atomic E-state index is 2.70. The zero-order valence-electron chi connectivity index (χ0n) is 44.7. The Kier molecular flexibility index (Phi) is 11.0. The van der Waals surface area contributed by atoms with Crippen LogP contribution in [0.15, 0.2) is 133 Å². The Bertz CT molecular complexity index is 3150. The fourth-order valence-corrected chi connectivity index (χ4v) is 11.5. The first-order valence-electron chi connectivity index (χ1n) is 25.8. The minimum absolute atomic E-state index is 0.00365. The first-order valence-corrected chi connectivity index (χ1v) is 25.8. The van der Waals surface area contributed by atoms with E-state index in [9.17, 15) is 0 Å². The standard InChI is InChI=1S/C66H75BN2/c1-41(2)45-33-59-61-60(34-45)69(56-30-28-50(64(9,10)11)37-53(56)44-20-17-19-43(31-44)42-23-25-48(26-24-42)62(3,4)5)57-35-47-40-66(15,16)39-46(47)32-55(57)67(61)54-29-27-51(65(12,13)14)38-58(54)68(59)52-22-18-21-49(36-52)63(6,7)8/h17-38,41H,39-40H2,1-16H3. The van der Waals surface area contributed by atoms with Crippen LogP contribution in [0, 0.1) is 5.41 Å². The lowest BCUT2D eigenvalue weighted by Crippen LogP contribution is -2.61. The van der Waals surface area contributed by atoms with Crippen LogP contribution in [-0.4, -0.2) is 6.71 Å². The average Bonchev–Trinajstić information content (AvgIpc) is 3.59. The van der Waals surface area contributed by atoms with Gasteiger partial charge in [0.2, 0.25) is 0 Å². The van der Waals surface area contributed by atoms with Gasteiger partial charge in [-0.1, -0.05) is 190 Å². The Morgan fingerprint density at radius 3 is 1.61 bits per heavy atom. The summed E-state index contributed by atoms with van der Waals surface area (Å²) in [5.74, 6) is 0.309. The molecule has 0 saturated heterocycles. The summed E-state index contributed by atoms with van der Waals surface area (Å²) in [6.45, 7) is 37.7. The Balaban J connectivity index is 1.29. The second-order valence-electron chi connectivity index (χ2n) is 26.1. The van der Waals surface area contributed by atoms with Gasteiger partial charge in [0.15, 0.2) is 0 Å². The van der Waals surface area contributed by atoms with Gasteiger partial charge in [0.05, 0.1) is 5.69 Å². The van der Waals surface area contributed by atoms with Gasteiger partial charge in [0.1, 0.15) is 0 Å². The Hall–Kier alpha value is -5.80. The number of hydrogen-bond donors (Lipinski definition) is 0. The van der Waals surface area contributed by atoms with Crippen molar-refractivity contribution in [3.8, 4) is 22.3 Å². The summed E-state index contributed by atoms with van der Waals surface area (Å²) >= 11 is 0. The van der Waals surface area contributed by atoms with Crippen LogP contribution in [0.3, 0.4) is 0 Å². The molecule has 0 atom stereocenters. The van der Waals surface area contributed by atoms with Crippen molar-refractivity contribution in [3.05, 3.63) is 172 Å². The number of anilines is 6. The molecule has 0 bridgehead atoms. The van der Waals surface area contributed by atoms with E-state index in [2.05, 4.69) is 254 Å². The summed E-state index contributed by atoms with van der Waals surface area (Å²) in [6.07, 6.45) is 2.17. The van der Waals surface area contributed by atoms with Gasteiger partial charge in [-0.2, -0.15) is 0 Å². The molecule has 0 amide bonds. The minimum Gasteiger partial charge on any atom is -0.311 e. The van der Waals surface area contributed by atoms with E-state index in [4.69, 9.17) is 0 Å². The van der Waals surface area contributed by atoms with E-state index < -0.39 is 0 Å². The van der Waals surface area contributed by atoms with Gasteiger partial charge in [-0.25, -0.2) is 0 Å². The minimum atomic E-state index is -0.0422. The third-order valence-electron chi connectivity index (χ3n) is 15.6. The van der Waals surface area contributed by atoms with Crippen molar-refractivity contribution < 1.29 is 0 Å². The lowest BCUT2D eigenvalue weighted by molar-refractivity contribution is 0.392. The largest absolute Gasteiger partial charge is 0.311 e. The fourth-order valence-electron chi connectivity index (χ4n) is 11.5. The average molecular weight is 907 g/mol. The molecule has 0 spiro atoms. The van der Waals surface area contributed by atoms with Gasteiger partial charge in [0, 0.05) is 34.0 Å². The molecule has 7 aromatic rings. The van der Waals surface area contributed by atoms with Crippen LogP contribution in [0.4, 0.5) is 34.1 Å². The third kappa shape index (κ3) is 8.36. The summed E-state index contributed by atoms with van der Waals surface area (Å²) in [5, 5.41) is 0. The highest BCUT2D eigenvalue weighted by Crippen LogP contribution is 2.51. The second-order valence-corrected chi connectivity index (χ2v) is 26.1. The monoisotopic (exact) mass is 907 g/mol. The summed E-state index contributed by atoms with van der Waals surface area (Å²) < 4.78 is 0. The molecule has 0 fully saturated rings. The fraction of sp³-hybridized carbons (Fsp3) is 0.364. The molecular formula is C66H75BN2. The van der Waals surface area contributed by atoms with Gasteiger partial charge < -0.3 is 9.80 Å². The van der Waals surface area contributed by atoms with E-state index in [1.54, 1.807) is 0 Å². The highest BCUT2D eigenvalue weighted by Gasteiger charge is 2.46. The number of fused-ring (bicyclic) bond motifs is 5. The van der Waals surface area contributed by atoms with E-state index in [1.807, 2.05) is 0 Å². The van der Waals surface area contributed by atoms with Gasteiger partial charge in [0.25, 0.3) is 6.71 Å². The molecule has 352 valence electrons. The third-order valence-corrected chi connectivity index (χ3v) is 15.6. The molecule has 3 heteroatoms. The SMILES string of the molecule is CC(C)c1cc2c3c(c1)N(c1ccc(C(C)(C)C)cc1-c1cccc(-c4ccc(C(C)(C)C)cc4)c1)c1cc4c(cc1B3c1ccc(C(C)(C)C)cc1N2c1cccc(C(C)(C)C)c1)CC(C)(C)C4. The quantitative estimate of drug-likeness (QED) is 0.159. The van der Waals surface area contributed by atoms with Crippen molar-refractivity contribution in [3.63, 3.8) is 0 Å². The zero-order valence-corrected chi connectivity index (χ0v) is 44.7. The molecule has 0 radical (unpaired) electrons. The van der Waals surface area contributed by atoms with E-state index in [0.29, 0.717) is 5.92 Å². The van der Waals surface area contributed by atoms with Crippen molar-refractivity contribution in [2.45, 2.75) is 151 Å². The predicted octanol–water partition coefficient (Wildman–Crippen LogP) is 16.5. The van der Waals surface area contributed by atoms with Gasteiger partial charge in [-0.05, 0) is 172 Å². The van der Waals surface area contributed by atoms with Crippen LogP contribution in [0.5, 0.6) is 0 Å². The van der Waals surface area contributed by atoms with Crippen LogP contribution < -0.4 is 26.2 Å². The molecule has 2 nitrogen and oxygen atoms in total. The van der Waals surface area contributed by atoms with Crippen molar-refractivity contribution in [2.24, 2.45) is 5.41 Å². The lowest BCUT2D eigenvalue weighted by Gasteiger charge is -2.45. The predicted molar refractivity (Wildman–Crippen MR) is 301 cm³/mol. The maximum absolute atomic E-state index is 2.70. The molecule has 69 heavy (non-hydrogen) atoms. The molecule has 1 aliphatic carbocycles. The van der Waals surface area contributed by atoms with Gasteiger partial charge in [-0.3, -0.25) is 0 Å². The Morgan fingerprint density at radius 1 is 0.435 bits per heavy atom. The van der Waals surface area contributed by atoms with Crippen molar-refractivity contribution in [1.82, 2.24) is 0 Å². The Labute approximate surface area is 416 Å². The van der Waals surface area contributed by atoms with E-state index in [1.165, 1.54) is 112 Å². The van der Waals surface area contributed by atoms with Gasteiger partial charge in [-0.15, -0.1) is 0 Å². The smallest absolute Gasteiger partial charge is 0.252 e. The lowest BCUT2D eigenvalue weighted by atomic mass is 9.33. The number of rotatable bonds is 5. The summed E-state index contributed by atoms with van der Waals surface area (Å²) in [5.41, 5.74) is 26.7. The van der Waals surface area contributed by atoms with Crippen LogP contribution in [0.2, 0.25) is 0 Å². The van der Waals surface area contributed by atoms with Crippen molar-refractivity contribution in [2.75, 3.05) is 9.80 Å². The van der Waals surface area contributed by atoms with Crippen LogP contribution in [0.25, 0.3) is 22.3 Å². The number of nitrogens with zero attached hydrogens (tertiary/aromatic N) is 2. The number of benzene rings is 7. The Morgan fingerprint density at radius 2 is 0.971 bits per heavy atom. The molecule has 2 heterocycles. The topological polar surface area (TPSA) is 6.48 Å². The van der Waals surface area contributed by atoms with E-state index >= 15 is 0 Å². The first kappa shape index (κ1) is 46.9. The van der Waals surface area contributed by atoms with E-state index in [0.717, 1.165) is 12.8 Å². The molecule has 2 aliphatic heterocycles. The highest BCUT2D eigenvalue weighted by atomic mass is 15.2. The summed E-state index contributed by atoms with van der Waals surface area (Å²) in [7, 11) is 0. The summed E-state index contributed by atoms with van der Waals surface area (Å²) in [6, 6.07) is 53.1. The molecular weight excluding hydrogens is 832 g/mol. The molecule has 0 aromatic heterocycles. The highest BCUT2D eigenvalue weighted by molar-refractivity contribution is 7.00. The van der Waals surface area contributed by atoms with Crippen molar-refractivity contribution in [1.29, 1.82) is 0 Å². The van der Waals surface area contributed by atoms with Crippen LogP contribution in [0.1, 0.15) is 156 Å². The summed E-state index contributed by atoms with van der Waals surface area (Å²) in [4.78, 5) is 5.34. The van der Waals surface area contributed by atoms with Gasteiger partial charge >= 0.3 is 0 Å². The zero-order chi connectivity index (χ0) is 49.3. The van der Waals surface area contributed by atoms with E-state index in [-0.39, 0.29) is 33.8 Å². The first-order chi connectivity index (χ1) is 32.3. The van der Waals surface area contributed by atoms with Crippen LogP contribution >= 0.6 is 0 Å². The number of hydrogen-bond acceptors (Lipinski definition) is 2. The molecule has 0 N–H and O–H groups in total. The normalized spacial score (nSPS) is 15.3. The molecule has 0 unspecified atom stereocenters. The molecule has 10 rings (SSSR count). The second kappa shape index (κ2) is 16.1. The van der Waals surface area contributed by atoms with Crippen LogP contribution in [-0.2, 0) is 34.5 Å². The van der Waals surface area contributed by atoms with Crippen molar-refractivity contribution >= 4 is 57.2 Å².